The van der Waals surface area contributed by atoms with Crippen molar-refractivity contribution in [3.8, 4) is 5.75 Å². The molecule has 2 aliphatic rings. The van der Waals surface area contributed by atoms with Crippen molar-refractivity contribution in [2.24, 2.45) is 0 Å². The van der Waals surface area contributed by atoms with Crippen LogP contribution in [0.15, 0.2) is 48.8 Å². The Hall–Kier alpha value is -2.44. The molecule has 1 fully saturated rings. The molecule has 0 bridgehead atoms. The average Bonchev–Trinajstić information content (AvgIpc) is 3.00. The Balaban J connectivity index is 1.35. The number of para-hydroxylation sites is 1. The molecule has 160 valence electrons. The first kappa shape index (κ1) is 20.8. The van der Waals surface area contributed by atoms with Crippen LogP contribution in [0.3, 0.4) is 0 Å². The Labute approximate surface area is 179 Å². The maximum Gasteiger partial charge on any atom is 0.236 e. The van der Waals surface area contributed by atoms with Crippen molar-refractivity contribution in [1.29, 1.82) is 0 Å². The third kappa shape index (κ3) is 5.18. The number of rotatable bonds is 6. The van der Waals surface area contributed by atoms with Crippen LogP contribution in [-0.4, -0.2) is 71.0 Å². The summed E-state index contributed by atoms with van der Waals surface area (Å²) in [5.74, 6) is 1.18. The van der Waals surface area contributed by atoms with Gasteiger partial charge in [0, 0.05) is 56.7 Å². The average molecular weight is 409 g/mol. The highest BCUT2D eigenvalue weighted by Crippen LogP contribution is 2.23. The Morgan fingerprint density at radius 2 is 2.03 bits per heavy atom. The Morgan fingerprint density at radius 3 is 2.87 bits per heavy atom. The van der Waals surface area contributed by atoms with Crippen molar-refractivity contribution in [1.82, 2.24) is 19.7 Å². The number of carbonyl (C=O) groups is 1. The van der Waals surface area contributed by atoms with Crippen molar-refractivity contribution in [3.63, 3.8) is 0 Å². The van der Waals surface area contributed by atoms with Gasteiger partial charge in [-0.2, -0.15) is 0 Å². The molecule has 2 aromatic rings. The number of hydrogen-bond acceptors (Lipinski definition) is 5. The SMILES string of the molecule is CCN(Cc1ccncc1)C1CCCN(C(=O)CN2CCOc3ccccc3C2)C1. The van der Waals surface area contributed by atoms with Gasteiger partial charge in [-0.25, -0.2) is 0 Å². The second-order valence-electron chi connectivity index (χ2n) is 8.22. The van der Waals surface area contributed by atoms with Gasteiger partial charge in [-0.15, -0.1) is 0 Å². The summed E-state index contributed by atoms with van der Waals surface area (Å²) in [7, 11) is 0. The molecule has 1 amide bonds. The molecule has 6 nitrogen and oxygen atoms in total. The highest BCUT2D eigenvalue weighted by Gasteiger charge is 2.28. The minimum absolute atomic E-state index is 0.235. The highest BCUT2D eigenvalue weighted by molar-refractivity contribution is 5.78. The summed E-state index contributed by atoms with van der Waals surface area (Å²) < 4.78 is 5.85. The first-order valence-electron chi connectivity index (χ1n) is 11.1. The lowest BCUT2D eigenvalue weighted by Crippen LogP contribution is -2.51. The first-order valence-corrected chi connectivity index (χ1v) is 11.1. The lowest BCUT2D eigenvalue weighted by molar-refractivity contribution is -0.134. The molecule has 1 aromatic carbocycles. The van der Waals surface area contributed by atoms with Gasteiger partial charge in [-0.05, 0) is 43.1 Å². The van der Waals surface area contributed by atoms with Crippen LogP contribution in [0.25, 0.3) is 0 Å². The van der Waals surface area contributed by atoms with Gasteiger partial charge in [0.25, 0.3) is 0 Å². The van der Waals surface area contributed by atoms with Crippen LogP contribution >= 0.6 is 0 Å². The Kier molecular flexibility index (Phi) is 6.97. The lowest BCUT2D eigenvalue weighted by Gasteiger charge is -2.39. The Bertz CT molecular complexity index is 829. The molecule has 0 spiro atoms. The fourth-order valence-corrected chi connectivity index (χ4v) is 4.51. The number of likely N-dealkylation sites (N-methyl/N-ethyl adjacent to an activating group) is 1. The second-order valence-corrected chi connectivity index (χ2v) is 8.22. The van der Waals surface area contributed by atoms with Crippen LogP contribution in [0.2, 0.25) is 0 Å². The number of amides is 1. The number of carbonyl (C=O) groups excluding carboxylic acids is 1. The Morgan fingerprint density at radius 1 is 1.20 bits per heavy atom. The molecule has 0 N–H and O–H groups in total. The zero-order valence-electron chi connectivity index (χ0n) is 17.9. The normalized spacial score (nSPS) is 19.8. The lowest BCUT2D eigenvalue weighted by atomic mass is 10.0. The third-order valence-electron chi connectivity index (χ3n) is 6.20. The van der Waals surface area contributed by atoms with Crippen LogP contribution in [-0.2, 0) is 17.9 Å². The monoisotopic (exact) mass is 408 g/mol. The fraction of sp³-hybridized carbons (Fsp3) is 0.500. The van der Waals surface area contributed by atoms with Crippen molar-refractivity contribution in [2.45, 2.75) is 38.9 Å². The number of pyridine rings is 1. The summed E-state index contributed by atoms with van der Waals surface area (Å²) in [6.45, 7) is 8.41. The molecule has 0 radical (unpaired) electrons. The molecule has 0 aliphatic carbocycles. The van der Waals surface area contributed by atoms with Crippen LogP contribution < -0.4 is 4.74 Å². The number of benzene rings is 1. The first-order chi connectivity index (χ1) is 14.7. The maximum atomic E-state index is 13.1. The number of piperidine rings is 1. The molecule has 1 unspecified atom stereocenters. The van der Waals surface area contributed by atoms with E-state index in [-0.39, 0.29) is 5.91 Å². The van der Waals surface area contributed by atoms with E-state index >= 15 is 0 Å². The second kappa shape index (κ2) is 10.0. The number of fused-ring (bicyclic) bond motifs is 1. The zero-order chi connectivity index (χ0) is 20.8. The van der Waals surface area contributed by atoms with Gasteiger partial charge in [0.15, 0.2) is 0 Å². The van der Waals surface area contributed by atoms with E-state index in [0.717, 1.165) is 63.4 Å². The summed E-state index contributed by atoms with van der Waals surface area (Å²) >= 11 is 0. The topological polar surface area (TPSA) is 48.9 Å². The van der Waals surface area contributed by atoms with Crippen LogP contribution in [0.1, 0.15) is 30.9 Å². The molecule has 1 saturated heterocycles. The molecule has 6 heteroatoms. The largest absolute Gasteiger partial charge is 0.492 e. The number of hydrogen-bond donors (Lipinski definition) is 0. The summed E-state index contributed by atoms with van der Waals surface area (Å²) in [6, 6.07) is 12.7. The van der Waals surface area contributed by atoms with Crippen LogP contribution in [0.5, 0.6) is 5.75 Å². The predicted molar refractivity (Wildman–Crippen MR) is 117 cm³/mol. The van der Waals surface area contributed by atoms with Gasteiger partial charge in [0.1, 0.15) is 12.4 Å². The van der Waals surface area contributed by atoms with E-state index in [1.54, 1.807) is 0 Å². The van der Waals surface area contributed by atoms with E-state index in [2.05, 4.69) is 44.8 Å². The molecule has 4 rings (SSSR count). The molecule has 1 atom stereocenters. The van der Waals surface area contributed by atoms with Crippen LogP contribution in [0.4, 0.5) is 0 Å². The zero-order valence-corrected chi connectivity index (χ0v) is 17.9. The van der Waals surface area contributed by atoms with Crippen molar-refractivity contribution >= 4 is 5.91 Å². The molecule has 2 aliphatic heterocycles. The van der Waals surface area contributed by atoms with E-state index in [0.29, 0.717) is 19.2 Å². The molecule has 30 heavy (non-hydrogen) atoms. The van der Waals surface area contributed by atoms with Gasteiger partial charge in [0.2, 0.25) is 5.91 Å². The van der Waals surface area contributed by atoms with Crippen molar-refractivity contribution in [2.75, 3.05) is 39.3 Å². The molecule has 0 saturated carbocycles. The predicted octanol–water partition coefficient (Wildman–Crippen LogP) is 2.79. The van der Waals surface area contributed by atoms with Gasteiger partial charge < -0.3 is 9.64 Å². The van der Waals surface area contributed by atoms with E-state index < -0.39 is 0 Å². The summed E-state index contributed by atoms with van der Waals surface area (Å²) in [5.41, 5.74) is 2.44. The minimum Gasteiger partial charge on any atom is -0.492 e. The summed E-state index contributed by atoms with van der Waals surface area (Å²) in [4.78, 5) is 24.0. The molecular formula is C24H32N4O2. The summed E-state index contributed by atoms with van der Waals surface area (Å²) in [6.07, 6.45) is 5.91. The smallest absolute Gasteiger partial charge is 0.236 e. The number of aromatic nitrogens is 1. The molecular weight excluding hydrogens is 376 g/mol. The standard InChI is InChI=1S/C24H32N4O2/c1-2-27(16-20-9-11-25-12-10-20)22-7-5-13-28(18-22)24(29)19-26-14-15-30-23-8-4-3-6-21(23)17-26/h3-4,6,8-12,22H,2,5,7,13-19H2,1H3. The molecule has 1 aromatic heterocycles. The van der Waals surface area contributed by atoms with E-state index in [1.165, 1.54) is 5.56 Å². The van der Waals surface area contributed by atoms with Crippen molar-refractivity contribution < 1.29 is 9.53 Å². The summed E-state index contributed by atoms with van der Waals surface area (Å²) in [5, 5.41) is 0. The van der Waals surface area contributed by atoms with E-state index in [9.17, 15) is 4.79 Å². The van der Waals surface area contributed by atoms with Gasteiger partial charge in [-0.1, -0.05) is 25.1 Å². The van der Waals surface area contributed by atoms with Gasteiger partial charge in [-0.3, -0.25) is 19.6 Å². The minimum atomic E-state index is 0.235. The highest BCUT2D eigenvalue weighted by atomic mass is 16.5. The maximum absolute atomic E-state index is 13.1. The van der Waals surface area contributed by atoms with Gasteiger partial charge in [0.05, 0.1) is 6.54 Å². The number of ether oxygens (including phenoxy) is 1. The van der Waals surface area contributed by atoms with E-state index in [4.69, 9.17) is 4.74 Å². The number of nitrogens with zero attached hydrogens (tertiary/aromatic N) is 4. The van der Waals surface area contributed by atoms with Gasteiger partial charge >= 0.3 is 0 Å². The third-order valence-corrected chi connectivity index (χ3v) is 6.20. The number of likely N-dealkylation sites (tertiary alicyclic amines) is 1. The quantitative estimate of drug-likeness (QED) is 0.736. The van der Waals surface area contributed by atoms with E-state index in [1.807, 2.05) is 30.6 Å². The van der Waals surface area contributed by atoms with Crippen LogP contribution in [0, 0.1) is 0 Å². The van der Waals surface area contributed by atoms with Crippen molar-refractivity contribution in [3.05, 3.63) is 59.9 Å². The molecule has 3 heterocycles. The fourth-order valence-electron chi connectivity index (χ4n) is 4.51.